The van der Waals surface area contributed by atoms with Crippen molar-refractivity contribution in [3.63, 3.8) is 0 Å². The fourth-order valence-corrected chi connectivity index (χ4v) is 11.0. The summed E-state index contributed by atoms with van der Waals surface area (Å²) < 4.78 is 44.8. The summed E-state index contributed by atoms with van der Waals surface area (Å²) >= 11 is 0. The van der Waals surface area contributed by atoms with E-state index in [1.807, 2.05) is 18.2 Å². The zero-order valence-corrected chi connectivity index (χ0v) is 27.5. The monoisotopic (exact) mass is 646 g/mol. The second-order valence-corrected chi connectivity index (χ2v) is 17.7. The minimum absolute atomic E-state index is 0.0172. The second kappa shape index (κ2) is 9.87. The van der Waals surface area contributed by atoms with Crippen LogP contribution in [0.25, 0.3) is 22.2 Å². The molecule has 4 heterocycles. The average Bonchev–Trinajstić information content (AvgIpc) is 3.86. The van der Waals surface area contributed by atoms with Gasteiger partial charge in [0.05, 0.1) is 16.6 Å². The number of piperidine rings is 1. The van der Waals surface area contributed by atoms with Crippen molar-refractivity contribution in [1.29, 1.82) is 0 Å². The summed E-state index contributed by atoms with van der Waals surface area (Å²) in [6, 6.07) is 11.1. The number of hydrogen-bond donors (Lipinski definition) is 2. The zero-order valence-electron chi connectivity index (χ0n) is 26.6. The number of carbonyl (C=O) groups is 1. The fraction of sp³-hybridized carbons (Fsp3) is 0.583. The van der Waals surface area contributed by atoms with Gasteiger partial charge >= 0.3 is 0 Å². The van der Waals surface area contributed by atoms with E-state index in [9.17, 15) is 18.3 Å². The summed E-state index contributed by atoms with van der Waals surface area (Å²) in [6.45, 7) is 3.17. The Morgan fingerprint density at radius 3 is 2.54 bits per heavy atom. The maximum Gasteiger partial charge on any atom is 0.264 e. The van der Waals surface area contributed by atoms with E-state index in [4.69, 9.17) is 0 Å². The Labute approximate surface area is 270 Å². The Bertz CT molecular complexity index is 1900. The van der Waals surface area contributed by atoms with Gasteiger partial charge in [-0.1, -0.05) is 25.3 Å². The molecule has 2 bridgehead atoms. The lowest BCUT2D eigenvalue weighted by Crippen LogP contribution is -2.48. The van der Waals surface area contributed by atoms with Gasteiger partial charge in [0.1, 0.15) is 12.0 Å². The van der Waals surface area contributed by atoms with E-state index >= 15 is 4.39 Å². The van der Waals surface area contributed by atoms with E-state index in [2.05, 4.69) is 26.1 Å². The molecule has 0 radical (unpaired) electrons. The van der Waals surface area contributed by atoms with Gasteiger partial charge in [-0.15, -0.1) is 0 Å². The van der Waals surface area contributed by atoms with Crippen LogP contribution in [-0.4, -0.2) is 70.6 Å². The van der Waals surface area contributed by atoms with Crippen LogP contribution in [0.3, 0.4) is 0 Å². The van der Waals surface area contributed by atoms with Crippen molar-refractivity contribution < 1.29 is 22.7 Å². The van der Waals surface area contributed by atoms with Gasteiger partial charge < -0.3 is 9.67 Å². The van der Waals surface area contributed by atoms with E-state index in [0.29, 0.717) is 36.9 Å². The SMILES string of the molecule is CN1CC2CCC1N2C(O)[C@]12C[C@H]1c1cc(F)ccc1-c1c(C3CCCCC3)c3ccc(C(=O)NS(=O)(=O)C4(C)CC4)cc3n1C2. The summed E-state index contributed by atoms with van der Waals surface area (Å²) in [5.74, 6) is -0.526. The molecule has 244 valence electrons. The average molecular weight is 647 g/mol. The van der Waals surface area contributed by atoms with E-state index in [1.54, 1.807) is 25.1 Å². The van der Waals surface area contributed by atoms with E-state index in [0.717, 1.165) is 79.2 Å². The molecule has 3 saturated carbocycles. The molecule has 10 heteroatoms. The number of carbonyl (C=O) groups excluding carboxylic acids is 1. The van der Waals surface area contributed by atoms with Crippen LogP contribution in [0.5, 0.6) is 0 Å². The Morgan fingerprint density at radius 1 is 1.07 bits per heavy atom. The molecule has 6 aliphatic rings. The lowest BCUT2D eigenvalue weighted by atomic mass is 9.81. The number of fused-ring (bicyclic) bond motifs is 9. The zero-order chi connectivity index (χ0) is 31.7. The van der Waals surface area contributed by atoms with Gasteiger partial charge in [0.15, 0.2) is 0 Å². The Hall–Kier alpha value is -2.79. The normalized spacial score (nSPS) is 30.8. The van der Waals surface area contributed by atoms with Crippen LogP contribution in [-0.2, 0) is 16.6 Å². The van der Waals surface area contributed by atoms with Crippen molar-refractivity contribution in [2.24, 2.45) is 5.41 Å². The first-order valence-electron chi connectivity index (χ1n) is 17.2. The number of aromatic nitrogens is 1. The number of nitrogens with zero attached hydrogens (tertiary/aromatic N) is 3. The number of amides is 1. The van der Waals surface area contributed by atoms with Crippen LogP contribution in [0.15, 0.2) is 36.4 Å². The smallest absolute Gasteiger partial charge is 0.264 e. The van der Waals surface area contributed by atoms with Gasteiger partial charge in [-0.25, -0.2) is 17.5 Å². The van der Waals surface area contributed by atoms with E-state index in [1.165, 1.54) is 12.0 Å². The number of sulfonamides is 1. The minimum atomic E-state index is -3.79. The second-order valence-electron chi connectivity index (χ2n) is 15.5. The predicted octanol–water partition coefficient (Wildman–Crippen LogP) is 5.65. The van der Waals surface area contributed by atoms with Crippen LogP contribution in [0.4, 0.5) is 4.39 Å². The molecule has 46 heavy (non-hydrogen) atoms. The third kappa shape index (κ3) is 4.12. The summed E-state index contributed by atoms with van der Waals surface area (Å²) in [6.07, 6.45) is 9.15. The lowest BCUT2D eigenvalue weighted by Gasteiger charge is -2.35. The van der Waals surface area contributed by atoms with Crippen molar-refractivity contribution >= 4 is 26.8 Å². The van der Waals surface area contributed by atoms with Crippen LogP contribution in [0, 0.1) is 11.2 Å². The molecular formula is C36H43FN4O4S. The molecular weight excluding hydrogens is 603 g/mol. The summed E-state index contributed by atoms with van der Waals surface area (Å²) in [7, 11) is -1.66. The largest absolute Gasteiger partial charge is 0.378 e. The van der Waals surface area contributed by atoms with Gasteiger partial charge in [-0.05, 0) is 112 Å². The number of nitrogens with one attached hydrogen (secondary N) is 1. The van der Waals surface area contributed by atoms with Gasteiger partial charge in [0, 0.05) is 46.6 Å². The molecule has 1 aromatic heterocycles. The highest BCUT2D eigenvalue weighted by Crippen LogP contribution is 2.68. The molecule has 3 aromatic rings. The molecule has 2 saturated heterocycles. The molecule has 2 N–H and O–H groups in total. The molecule has 5 atom stereocenters. The molecule has 2 aromatic carbocycles. The summed E-state index contributed by atoms with van der Waals surface area (Å²) in [5, 5.41) is 13.4. The van der Waals surface area contributed by atoms with Crippen molar-refractivity contribution in [3.05, 3.63) is 58.9 Å². The number of hydrogen-bond acceptors (Lipinski definition) is 6. The molecule has 3 aliphatic heterocycles. The van der Waals surface area contributed by atoms with E-state index in [-0.39, 0.29) is 17.9 Å². The first-order chi connectivity index (χ1) is 22.0. The molecule has 8 nitrogen and oxygen atoms in total. The third-order valence-electron chi connectivity index (χ3n) is 12.8. The quantitative estimate of drug-likeness (QED) is 0.360. The van der Waals surface area contributed by atoms with Crippen molar-refractivity contribution in [2.45, 2.75) is 113 Å². The Morgan fingerprint density at radius 2 is 1.85 bits per heavy atom. The highest BCUT2D eigenvalue weighted by Gasteiger charge is 2.65. The maximum atomic E-state index is 15.1. The van der Waals surface area contributed by atoms with E-state index < -0.39 is 32.3 Å². The maximum absolute atomic E-state index is 15.1. The molecule has 1 amide bonds. The highest BCUT2D eigenvalue weighted by molar-refractivity contribution is 7.91. The number of rotatable bonds is 6. The fourth-order valence-electron chi connectivity index (χ4n) is 9.77. The summed E-state index contributed by atoms with van der Waals surface area (Å²) in [4.78, 5) is 18.2. The van der Waals surface area contributed by atoms with Gasteiger partial charge in [-0.2, -0.15) is 0 Å². The predicted molar refractivity (Wildman–Crippen MR) is 174 cm³/mol. The first-order valence-corrected chi connectivity index (χ1v) is 18.7. The Kier molecular flexibility index (Phi) is 6.30. The number of benzene rings is 2. The van der Waals surface area contributed by atoms with Gasteiger partial charge in [0.2, 0.25) is 10.0 Å². The number of aliphatic hydroxyl groups excluding tert-OH is 1. The van der Waals surface area contributed by atoms with Crippen LogP contribution in [0.2, 0.25) is 0 Å². The number of likely N-dealkylation sites (N-methyl/N-ethyl adjacent to an activating group) is 1. The van der Waals surface area contributed by atoms with Crippen molar-refractivity contribution in [1.82, 2.24) is 19.1 Å². The molecule has 0 spiro atoms. The van der Waals surface area contributed by atoms with Gasteiger partial charge in [0.25, 0.3) is 5.91 Å². The molecule has 5 fully saturated rings. The summed E-state index contributed by atoms with van der Waals surface area (Å²) in [5.41, 5.74) is 5.01. The third-order valence-corrected chi connectivity index (χ3v) is 14.9. The van der Waals surface area contributed by atoms with Gasteiger partial charge in [-0.3, -0.25) is 14.6 Å². The van der Waals surface area contributed by atoms with Crippen molar-refractivity contribution in [3.8, 4) is 11.3 Å². The van der Waals surface area contributed by atoms with Crippen LogP contribution >= 0.6 is 0 Å². The molecule has 3 unspecified atom stereocenters. The lowest BCUT2D eigenvalue weighted by molar-refractivity contribution is -0.0776. The van der Waals surface area contributed by atoms with Crippen molar-refractivity contribution in [2.75, 3.05) is 13.6 Å². The minimum Gasteiger partial charge on any atom is -0.378 e. The topological polar surface area (TPSA) is 94.9 Å². The number of likely N-dealkylation sites (tertiary alicyclic amines) is 1. The standard InChI is InChI=1S/C36H43FN4O4S/c1-35(14-15-35)46(44,45)38-33(42)22-8-11-26-29(16-22)40-20-36(34(43)41-24-10-13-30(41)39(2)19-24)18-28(36)27-17-23(37)9-12-25(27)32(40)31(26)21-6-4-3-5-7-21/h8-9,11-12,16-17,21,24,28,30,34,43H,3-7,10,13-15,18-20H2,1-2H3,(H,38,42)/t24?,28-,30?,34?,36-/m0/s1. The number of aliphatic hydroxyl groups is 1. The molecule has 9 rings (SSSR count). The first kappa shape index (κ1) is 29.4. The highest BCUT2D eigenvalue weighted by atomic mass is 32.2. The number of halogens is 1. The van der Waals surface area contributed by atoms with Crippen LogP contribution in [0.1, 0.15) is 104 Å². The molecule has 3 aliphatic carbocycles. The van der Waals surface area contributed by atoms with Crippen LogP contribution < -0.4 is 4.72 Å². The Balaban J connectivity index is 1.22.